The van der Waals surface area contributed by atoms with Crippen molar-refractivity contribution in [2.24, 2.45) is 0 Å². The summed E-state index contributed by atoms with van der Waals surface area (Å²) in [5, 5.41) is 2.92. The molecule has 1 rings (SSSR count). The second-order valence-corrected chi connectivity index (χ2v) is 4.13. The molecule has 0 amide bonds. The Labute approximate surface area is 104 Å². The fourth-order valence-electron chi connectivity index (χ4n) is 1.48. The lowest BCUT2D eigenvalue weighted by Crippen LogP contribution is -2.39. The third-order valence-electron chi connectivity index (χ3n) is 2.25. The maximum absolute atomic E-state index is 12.5. The van der Waals surface area contributed by atoms with Crippen LogP contribution in [0.4, 0.5) is 24.8 Å². The quantitative estimate of drug-likeness (QED) is 0.885. The van der Waals surface area contributed by atoms with Gasteiger partial charge in [0, 0.05) is 12.6 Å². The number of rotatable bonds is 5. The predicted molar refractivity (Wildman–Crippen MR) is 64.7 cm³/mol. The van der Waals surface area contributed by atoms with Crippen molar-refractivity contribution in [1.29, 1.82) is 0 Å². The Balaban J connectivity index is 2.95. The lowest BCUT2D eigenvalue weighted by molar-refractivity contribution is -0.120. The van der Waals surface area contributed by atoms with Gasteiger partial charge in [0.2, 0.25) is 0 Å². The lowest BCUT2D eigenvalue weighted by atomic mass is 10.3. The van der Waals surface area contributed by atoms with Gasteiger partial charge in [-0.3, -0.25) is 4.98 Å². The van der Waals surface area contributed by atoms with Gasteiger partial charge in [-0.1, -0.05) is 0 Å². The molecule has 0 radical (unpaired) electrons. The van der Waals surface area contributed by atoms with Gasteiger partial charge in [-0.05, 0) is 20.8 Å². The van der Waals surface area contributed by atoms with Crippen LogP contribution in [0.2, 0.25) is 0 Å². The number of alkyl halides is 3. The van der Waals surface area contributed by atoms with E-state index < -0.39 is 12.7 Å². The monoisotopic (exact) mass is 262 g/mol. The van der Waals surface area contributed by atoms with Crippen LogP contribution in [-0.4, -0.2) is 35.3 Å². The molecule has 0 saturated heterocycles. The number of hydrogen-bond donors (Lipinski definition) is 1. The summed E-state index contributed by atoms with van der Waals surface area (Å²) in [5.41, 5.74) is 0. The second-order valence-electron chi connectivity index (χ2n) is 4.13. The molecule has 0 saturated carbocycles. The first-order chi connectivity index (χ1) is 8.33. The number of nitrogens with zero attached hydrogens (tertiary/aromatic N) is 3. The Morgan fingerprint density at radius 1 is 1.33 bits per heavy atom. The first kappa shape index (κ1) is 14.5. The molecule has 4 nitrogen and oxygen atoms in total. The van der Waals surface area contributed by atoms with Crippen LogP contribution < -0.4 is 10.2 Å². The minimum absolute atomic E-state index is 0.223. The lowest BCUT2D eigenvalue weighted by Gasteiger charge is -2.28. The predicted octanol–water partition coefficient (Wildman–Crippen LogP) is 2.69. The van der Waals surface area contributed by atoms with Gasteiger partial charge in [-0.25, -0.2) is 4.98 Å². The van der Waals surface area contributed by atoms with Gasteiger partial charge < -0.3 is 10.2 Å². The Morgan fingerprint density at radius 2 is 2.00 bits per heavy atom. The van der Waals surface area contributed by atoms with Gasteiger partial charge in [-0.15, -0.1) is 0 Å². The summed E-state index contributed by atoms with van der Waals surface area (Å²) in [4.78, 5) is 9.20. The molecule has 102 valence electrons. The smallest absolute Gasteiger partial charge is 0.369 e. The normalized spacial score (nSPS) is 11.7. The first-order valence-electron chi connectivity index (χ1n) is 5.72. The Bertz CT molecular complexity index is 379. The molecule has 0 aliphatic rings. The molecule has 0 fully saturated rings. The van der Waals surface area contributed by atoms with E-state index >= 15 is 0 Å². The summed E-state index contributed by atoms with van der Waals surface area (Å²) < 4.78 is 37.5. The first-order valence-corrected chi connectivity index (χ1v) is 5.72. The van der Waals surface area contributed by atoms with Crippen LogP contribution >= 0.6 is 0 Å². The molecule has 0 unspecified atom stereocenters. The van der Waals surface area contributed by atoms with E-state index in [-0.39, 0.29) is 11.9 Å². The van der Waals surface area contributed by atoms with Crippen molar-refractivity contribution in [3.8, 4) is 0 Å². The summed E-state index contributed by atoms with van der Waals surface area (Å²) in [5.74, 6) is 0.698. The van der Waals surface area contributed by atoms with E-state index in [1.807, 2.05) is 6.92 Å². The standard InChI is InChI=1S/C11H17F3N4/c1-4-16-9-5-15-6-10(17-9)18(8(2)3)7-11(12,13)14/h5-6,8H,4,7H2,1-3H3,(H,16,17). The number of hydrogen-bond acceptors (Lipinski definition) is 4. The van der Waals surface area contributed by atoms with Gasteiger partial charge in [0.1, 0.15) is 18.2 Å². The molecular weight excluding hydrogens is 245 g/mol. The van der Waals surface area contributed by atoms with Crippen LogP contribution in [-0.2, 0) is 0 Å². The molecule has 1 aromatic heterocycles. The number of anilines is 2. The molecule has 0 aliphatic carbocycles. The molecule has 7 heteroatoms. The van der Waals surface area contributed by atoms with Crippen molar-refractivity contribution < 1.29 is 13.2 Å². The van der Waals surface area contributed by atoms with E-state index in [0.717, 1.165) is 0 Å². The highest BCUT2D eigenvalue weighted by Gasteiger charge is 2.32. The van der Waals surface area contributed by atoms with Crippen LogP contribution in [0.1, 0.15) is 20.8 Å². The van der Waals surface area contributed by atoms with E-state index in [1.165, 1.54) is 17.3 Å². The second kappa shape index (κ2) is 5.88. The maximum Gasteiger partial charge on any atom is 0.405 e. The summed E-state index contributed by atoms with van der Waals surface area (Å²) in [6, 6.07) is -0.308. The molecule has 0 aromatic carbocycles. The van der Waals surface area contributed by atoms with E-state index in [2.05, 4.69) is 15.3 Å². The highest BCUT2D eigenvalue weighted by atomic mass is 19.4. The van der Waals surface area contributed by atoms with Gasteiger partial charge >= 0.3 is 6.18 Å². The summed E-state index contributed by atoms with van der Waals surface area (Å²) >= 11 is 0. The Kier molecular flexibility index (Phi) is 4.75. The molecule has 1 N–H and O–H groups in total. The van der Waals surface area contributed by atoms with Gasteiger partial charge in [-0.2, -0.15) is 13.2 Å². The van der Waals surface area contributed by atoms with Gasteiger partial charge in [0.15, 0.2) is 0 Å². The van der Waals surface area contributed by atoms with Gasteiger partial charge in [0.05, 0.1) is 12.4 Å². The zero-order chi connectivity index (χ0) is 13.8. The van der Waals surface area contributed by atoms with Crippen molar-refractivity contribution in [3.63, 3.8) is 0 Å². The van der Waals surface area contributed by atoms with Gasteiger partial charge in [0.25, 0.3) is 0 Å². The third-order valence-corrected chi connectivity index (χ3v) is 2.25. The van der Waals surface area contributed by atoms with Crippen LogP contribution in [0.25, 0.3) is 0 Å². The van der Waals surface area contributed by atoms with E-state index in [9.17, 15) is 13.2 Å². The Hall–Kier alpha value is -1.53. The number of halogens is 3. The molecule has 18 heavy (non-hydrogen) atoms. The molecule has 1 aromatic rings. The van der Waals surface area contributed by atoms with Crippen LogP contribution in [0.15, 0.2) is 12.4 Å². The number of nitrogens with one attached hydrogen (secondary N) is 1. The van der Waals surface area contributed by atoms with Crippen LogP contribution in [0.3, 0.4) is 0 Å². The van der Waals surface area contributed by atoms with Crippen LogP contribution in [0, 0.1) is 0 Å². The van der Waals surface area contributed by atoms with Crippen molar-refractivity contribution >= 4 is 11.6 Å². The SMILES string of the molecule is CCNc1cncc(N(CC(F)(F)F)C(C)C)n1. The largest absolute Gasteiger partial charge is 0.405 e. The van der Waals surface area contributed by atoms with Crippen LogP contribution in [0.5, 0.6) is 0 Å². The highest BCUT2D eigenvalue weighted by Crippen LogP contribution is 2.22. The van der Waals surface area contributed by atoms with Crippen molar-refractivity contribution in [3.05, 3.63) is 12.4 Å². The summed E-state index contributed by atoms with van der Waals surface area (Å²) in [6.45, 7) is 4.86. The maximum atomic E-state index is 12.5. The minimum atomic E-state index is -4.26. The topological polar surface area (TPSA) is 41.1 Å². The zero-order valence-corrected chi connectivity index (χ0v) is 10.6. The third kappa shape index (κ3) is 4.38. The van der Waals surface area contributed by atoms with Crippen molar-refractivity contribution in [2.45, 2.75) is 33.0 Å². The fourth-order valence-corrected chi connectivity index (χ4v) is 1.48. The molecular formula is C11H17F3N4. The van der Waals surface area contributed by atoms with Crippen molar-refractivity contribution in [2.75, 3.05) is 23.3 Å². The fraction of sp³-hybridized carbons (Fsp3) is 0.636. The van der Waals surface area contributed by atoms with Crippen molar-refractivity contribution in [1.82, 2.24) is 9.97 Å². The summed E-state index contributed by atoms with van der Waals surface area (Å²) in [6.07, 6.45) is -1.44. The molecule has 0 spiro atoms. The molecule has 1 heterocycles. The zero-order valence-electron chi connectivity index (χ0n) is 10.6. The average Bonchev–Trinajstić information content (AvgIpc) is 2.25. The Morgan fingerprint density at radius 3 is 2.50 bits per heavy atom. The van der Waals surface area contributed by atoms with E-state index in [1.54, 1.807) is 13.8 Å². The summed E-state index contributed by atoms with van der Waals surface area (Å²) in [7, 11) is 0. The molecule has 0 atom stereocenters. The minimum Gasteiger partial charge on any atom is -0.369 e. The average molecular weight is 262 g/mol. The number of aromatic nitrogens is 2. The highest BCUT2D eigenvalue weighted by molar-refractivity contribution is 5.44. The molecule has 0 aliphatic heterocycles. The molecule has 0 bridgehead atoms. The van der Waals surface area contributed by atoms with E-state index in [4.69, 9.17) is 0 Å². The van der Waals surface area contributed by atoms with E-state index in [0.29, 0.717) is 12.4 Å².